The highest BCUT2D eigenvalue weighted by molar-refractivity contribution is 5.87. The minimum Gasteiger partial charge on any atom is -0.492 e. The third-order valence-corrected chi connectivity index (χ3v) is 5.82. The van der Waals surface area contributed by atoms with Crippen molar-refractivity contribution in [2.24, 2.45) is 0 Å². The van der Waals surface area contributed by atoms with Gasteiger partial charge in [0.25, 0.3) is 0 Å². The Morgan fingerprint density at radius 2 is 2.00 bits per heavy atom. The molecule has 6 nitrogen and oxygen atoms in total. The van der Waals surface area contributed by atoms with Crippen LogP contribution in [0.15, 0.2) is 21.3 Å². The molecule has 1 aliphatic heterocycles. The SMILES string of the molecule is CCCOc1c2c(cc3oc(C4(O)CCCC4)cc(=O)c13)O[C@H](C(C)(C)O)C2. The molecule has 0 bridgehead atoms. The normalized spacial score (nSPS) is 21.0. The summed E-state index contributed by atoms with van der Waals surface area (Å²) in [5, 5.41) is 21.6. The number of aliphatic hydroxyl groups is 2. The van der Waals surface area contributed by atoms with Crippen LogP contribution in [0.2, 0.25) is 0 Å². The van der Waals surface area contributed by atoms with Crippen LogP contribution in [-0.2, 0) is 12.0 Å². The standard InChI is InChI=1S/C22H28O6/c1-4-9-26-20-13-10-17(21(2,3)24)27-15(13)12-16-19(20)14(23)11-18(28-16)22(25)7-5-6-8-22/h11-12,17,24-25H,4-10H2,1-3H3/t17-/m0/s1. The molecular weight excluding hydrogens is 360 g/mol. The van der Waals surface area contributed by atoms with E-state index in [0.717, 1.165) is 24.8 Å². The predicted octanol–water partition coefficient (Wildman–Crippen LogP) is 3.42. The Morgan fingerprint density at radius 1 is 1.29 bits per heavy atom. The Balaban J connectivity index is 1.89. The lowest BCUT2D eigenvalue weighted by atomic mass is 9.95. The van der Waals surface area contributed by atoms with Crippen molar-refractivity contribution in [2.75, 3.05) is 6.61 Å². The molecule has 0 spiro atoms. The van der Waals surface area contributed by atoms with E-state index in [0.29, 0.717) is 54.1 Å². The van der Waals surface area contributed by atoms with E-state index >= 15 is 0 Å². The molecule has 1 aromatic carbocycles. The van der Waals surface area contributed by atoms with Gasteiger partial charge in [0, 0.05) is 24.1 Å². The van der Waals surface area contributed by atoms with Gasteiger partial charge in [0.05, 0.1) is 12.2 Å². The average Bonchev–Trinajstić information content (AvgIpc) is 3.25. The predicted molar refractivity (Wildman–Crippen MR) is 105 cm³/mol. The van der Waals surface area contributed by atoms with Crippen LogP contribution in [0.1, 0.15) is 64.2 Å². The number of hydrogen-bond acceptors (Lipinski definition) is 6. The van der Waals surface area contributed by atoms with Crippen LogP contribution in [0.3, 0.4) is 0 Å². The van der Waals surface area contributed by atoms with E-state index in [1.807, 2.05) is 6.92 Å². The van der Waals surface area contributed by atoms with Gasteiger partial charge in [-0.2, -0.15) is 0 Å². The summed E-state index contributed by atoms with van der Waals surface area (Å²) in [5.74, 6) is 1.34. The van der Waals surface area contributed by atoms with Crippen molar-refractivity contribution in [3.8, 4) is 11.5 Å². The van der Waals surface area contributed by atoms with E-state index in [-0.39, 0.29) is 5.43 Å². The first kappa shape index (κ1) is 19.3. The molecule has 0 amide bonds. The lowest BCUT2D eigenvalue weighted by Gasteiger charge is -2.24. The van der Waals surface area contributed by atoms with Crippen molar-refractivity contribution in [1.29, 1.82) is 0 Å². The number of ether oxygens (including phenoxy) is 2. The number of benzene rings is 1. The third-order valence-electron chi connectivity index (χ3n) is 5.82. The summed E-state index contributed by atoms with van der Waals surface area (Å²) in [6.45, 7) is 5.86. The van der Waals surface area contributed by atoms with Gasteiger partial charge >= 0.3 is 0 Å². The quantitative estimate of drug-likeness (QED) is 0.816. The maximum absolute atomic E-state index is 13.0. The molecule has 1 saturated carbocycles. The highest BCUT2D eigenvalue weighted by atomic mass is 16.5. The Hall–Kier alpha value is -2.05. The number of fused-ring (bicyclic) bond motifs is 2. The van der Waals surface area contributed by atoms with Crippen molar-refractivity contribution in [2.45, 2.75) is 76.6 Å². The summed E-state index contributed by atoms with van der Waals surface area (Å²) in [4.78, 5) is 13.0. The van der Waals surface area contributed by atoms with Gasteiger partial charge < -0.3 is 24.1 Å². The molecule has 0 saturated heterocycles. The first-order valence-corrected chi connectivity index (χ1v) is 10.1. The van der Waals surface area contributed by atoms with Gasteiger partial charge in [-0.25, -0.2) is 0 Å². The van der Waals surface area contributed by atoms with Crippen molar-refractivity contribution in [1.82, 2.24) is 0 Å². The second-order valence-electron chi connectivity index (χ2n) is 8.58. The van der Waals surface area contributed by atoms with Gasteiger partial charge in [0.2, 0.25) is 0 Å². The molecule has 0 radical (unpaired) electrons. The van der Waals surface area contributed by atoms with Gasteiger partial charge in [-0.3, -0.25) is 4.79 Å². The molecule has 0 unspecified atom stereocenters. The average molecular weight is 388 g/mol. The van der Waals surface area contributed by atoms with E-state index < -0.39 is 17.3 Å². The van der Waals surface area contributed by atoms with Crippen LogP contribution in [0, 0.1) is 0 Å². The van der Waals surface area contributed by atoms with Crippen LogP contribution in [0.5, 0.6) is 11.5 Å². The minimum absolute atomic E-state index is 0.225. The van der Waals surface area contributed by atoms with E-state index in [2.05, 4.69) is 0 Å². The zero-order valence-corrected chi connectivity index (χ0v) is 16.7. The number of rotatable bonds is 5. The van der Waals surface area contributed by atoms with Crippen LogP contribution in [0.25, 0.3) is 11.0 Å². The van der Waals surface area contributed by atoms with E-state index in [4.69, 9.17) is 13.9 Å². The molecule has 6 heteroatoms. The maximum Gasteiger partial charge on any atom is 0.196 e. The fraction of sp³-hybridized carbons (Fsp3) is 0.591. The van der Waals surface area contributed by atoms with Gasteiger partial charge in [-0.15, -0.1) is 0 Å². The summed E-state index contributed by atoms with van der Waals surface area (Å²) in [6, 6.07) is 3.10. The fourth-order valence-electron chi connectivity index (χ4n) is 4.18. The Bertz CT molecular complexity index is 946. The molecular formula is C22H28O6. The van der Waals surface area contributed by atoms with Gasteiger partial charge in [-0.05, 0) is 46.0 Å². The van der Waals surface area contributed by atoms with E-state index in [1.54, 1.807) is 19.9 Å². The largest absolute Gasteiger partial charge is 0.492 e. The van der Waals surface area contributed by atoms with E-state index in [1.165, 1.54) is 6.07 Å². The number of hydrogen-bond donors (Lipinski definition) is 2. The fourth-order valence-corrected chi connectivity index (χ4v) is 4.18. The summed E-state index contributed by atoms with van der Waals surface area (Å²) < 4.78 is 18.0. The highest BCUT2D eigenvalue weighted by Crippen LogP contribution is 2.45. The molecule has 2 aliphatic rings. The topological polar surface area (TPSA) is 89.1 Å². The summed E-state index contributed by atoms with van der Waals surface area (Å²) >= 11 is 0. The lowest BCUT2D eigenvalue weighted by molar-refractivity contribution is -0.0229. The van der Waals surface area contributed by atoms with Crippen molar-refractivity contribution < 1.29 is 24.1 Å². The second-order valence-corrected chi connectivity index (χ2v) is 8.58. The molecule has 2 N–H and O–H groups in total. The summed E-state index contributed by atoms with van der Waals surface area (Å²) in [5.41, 5.74) is -1.21. The smallest absolute Gasteiger partial charge is 0.196 e. The van der Waals surface area contributed by atoms with Crippen LogP contribution in [-0.4, -0.2) is 28.5 Å². The molecule has 28 heavy (non-hydrogen) atoms. The third kappa shape index (κ3) is 3.18. The van der Waals surface area contributed by atoms with Gasteiger partial charge in [0.1, 0.15) is 39.9 Å². The molecule has 1 aliphatic carbocycles. The Labute approximate surface area is 164 Å². The maximum atomic E-state index is 13.0. The molecule has 2 aromatic rings. The zero-order chi connectivity index (χ0) is 20.1. The summed E-state index contributed by atoms with van der Waals surface area (Å²) in [6.07, 6.45) is 3.80. The molecule has 4 rings (SSSR count). The minimum atomic E-state index is -1.09. The summed E-state index contributed by atoms with van der Waals surface area (Å²) in [7, 11) is 0. The first-order chi connectivity index (χ1) is 13.2. The van der Waals surface area contributed by atoms with Crippen molar-refractivity contribution in [3.63, 3.8) is 0 Å². The molecule has 152 valence electrons. The second kappa shape index (κ2) is 6.78. The van der Waals surface area contributed by atoms with E-state index in [9.17, 15) is 15.0 Å². The Morgan fingerprint density at radius 3 is 2.64 bits per heavy atom. The Kier molecular flexibility index (Phi) is 4.67. The van der Waals surface area contributed by atoms with Gasteiger partial charge in [0.15, 0.2) is 5.43 Å². The molecule has 1 aromatic heterocycles. The van der Waals surface area contributed by atoms with Crippen LogP contribution < -0.4 is 14.9 Å². The first-order valence-electron chi connectivity index (χ1n) is 10.1. The molecule has 1 atom stereocenters. The monoisotopic (exact) mass is 388 g/mol. The van der Waals surface area contributed by atoms with Crippen molar-refractivity contribution >= 4 is 11.0 Å². The molecule has 2 heterocycles. The molecule has 1 fully saturated rings. The van der Waals surface area contributed by atoms with Crippen LogP contribution in [0.4, 0.5) is 0 Å². The van der Waals surface area contributed by atoms with Crippen molar-refractivity contribution in [3.05, 3.63) is 33.7 Å². The van der Waals surface area contributed by atoms with Crippen LogP contribution >= 0.6 is 0 Å². The van der Waals surface area contributed by atoms with Gasteiger partial charge in [-0.1, -0.05) is 6.92 Å². The lowest BCUT2D eigenvalue weighted by Crippen LogP contribution is -2.39. The highest BCUT2D eigenvalue weighted by Gasteiger charge is 2.39. The zero-order valence-electron chi connectivity index (χ0n) is 16.7.